The highest BCUT2D eigenvalue weighted by molar-refractivity contribution is 7.89. The van der Waals surface area contributed by atoms with Crippen LogP contribution in [0, 0.1) is 12.7 Å². The lowest BCUT2D eigenvalue weighted by Gasteiger charge is -2.27. The zero-order chi connectivity index (χ0) is 18.1. The van der Waals surface area contributed by atoms with Gasteiger partial charge in [0.1, 0.15) is 11.4 Å². The van der Waals surface area contributed by atoms with Gasteiger partial charge in [0.15, 0.2) is 0 Å². The minimum Gasteiger partial charge on any atom is -0.378 e. The quantitative estimate of drug-likeness (QED) is 0.669. The first-order chi connectivity index (χ1) is 11.8. The molecule has 0 spiro atoms. The Morgan fingerprint density at radius 1 is 1.24 bits per heavy atom. The van der Waals surface area contributed by atoms with Crippen LogP contribution in [0.4, 0.5) is 4.39 Å². The summed E-state index contributed by atoms with van der Waals surface area (Å²) in [6.07, 6.45) is 0. The van der Waals surface area contributed by atoms with E-state index >= 15 is 0 Å². The monoisotopic (exact) mass is 397 g/mol. The van der Waals surface area contributed by atoms with E-state index in [0.29, 0.717) is 16.0 Å². The van der Waals surface area contributed by atoms with Crippen LogP contribution in [0.3, 0.4) is 0 Å². The molecule has 4 nitrogen and oxygen atoms in total. The number of halogens is 1. The molecule has 3 aromatic rings. The molecule has 0 aliphatic rings. The molecule has 0 unspecified atom stereocenters. The molecule has 0 bridgehead atoms. The maximum absolute atomic E-state index is 13.2. The fourth-order valence-corrected chi connectivity index (χ4v) is 5.39. The topological polar surface area (TPSA) is 66.4 Å². The minimum atomic E-state index is -3.89. The van der Waals surface area contributed by atoms with E-state index in [1.54, 1.807) is 23.6 Å². The molecule has 3 rings (SSSR count). The highest BCUT2D eigenvalue weighted by Crippen LogP contribution is 2.34. The van der Waals surface area contributed by atoms with Gasteiger partial charge in [0.25, 0.3) is 0 Å². The summed E-state index contributed by atoms with van der Waals surface area (Å²) in [5.41, 5.74) is -0.531. The molecule has 2 N–H and O–H groups in total. The molecule has 1 aromatic carbocycles. The fraction of sp³-hybridized carbons (Fsp3) is 0.176. The lowest BCUT2D eigenvalue weighted by atomic mass is 9.95. The number of thiophene rings is 2. The van der Waals surface area contributed by atoms with Crippen molar-refractivity contribution in [1.82, 2.24) is 4.72 Å². The number of rotatable bonds is 6. The number of aliphatic hydroxyl groups is 1. The number of benzene rings is 1. The smallest absolute Gasteiger partial charge is 0.240 e. The summed E-state index contributed by atoms with van der Waals surface area (Å²) in [5.74, 6) is -0.496. The second-order valence-electron chi connectivity index (χ2n) is 5.58. The molecule has 0 radical (unpaired) electrons. The van der Waals surface area contributed by atoms with Crippen LogP contribution in [0.1, 0.15) is 16.0 Å². The van der Waals surface area contributed by atoms with Gasteiger partial charge in [-0.15, -0.1) is 11.3 Å². The molecule has 0 aliphatic heterocycles. The highest BCUT2D eigenvalue weighted by Gasteiger charge is 2.35. The third-order valence-electron chi connectivity index (χ3n) is 3.87. The van der Waals surface area contributed by atoms with E-state index in [4.69, 9.17) is 0 Å². The number of hydrogen-bond donors (Lipinski definition) is 2. The molecule has 0 saturated carbocycles. The molecule has 0 aliphatic carbocycles. The Balaban J connectivity index is 1.91. The molecule has 0 fully saturated rings. The summed E-state index contributed by atoms with van der Waals surface area (Å²) in [6.45, 7) is 1.31. The second-order valence-corrected chi connectivity index (χ2v) is 9.05. The van der Waals surface area contributed by atoms with Crippen molar-refractivity contribution in [1.29, 1.82) is 0 Å². The number of hydrogen-bond acceptors (Lipinski definition) is 5. The van der Waals surface area contributed by atoms with Crippen molar-refractivity contribution in [3.63, 3.8) is 0 Å². The van der Waals surface area contributed by atoms with Crippen LogP contribution in [0.15, 0.2) is 57.4 Å². The molecular weight excluding hydrogens is 381 g/mol. The first-order valence-electron chi connectivity index (χ1n) is 7.38. The van der Waals surface area contributed by atoms with Gasteiger partial charge in [-0.3, -0.25) is 0 Å². The first-order valence-corrected chi connectivity index (χ1v) is 10.7. The number of aryl methyl sites for hydroxylation is 1. The molecule has 25 heavy (non-hydrogen) atoms. The normalized spacial score (nSPS) is 14.4. The lowest BCUT2D eigenvalue weighted by molar-refractivity contribution is 0.0903. The summed E-state index contributed by atoms with van der Waals surface area (Å²) in [4.78, 5) is 0.636. The van der Waals surface area contributed by atoms with Crippen LogP contribution in [-0.2, 0) is 15.6 Å². The second kappa shape index (κ2) is 6.97. The van der Waals surface area contributed by atoms with Crippen LogP contribution in [0.25, 0.3) is 0 Å². The molecule has 2 aromatic heterocycles. The van der Waals surface area contributed by atoms with E-state index < -0.39 is 21.4 Å². The maximum Gasteiger partial charge on any atom is 0.240 e. The van der Waals surface area contributed by atoms with Crippen LogP contribution >= 0.6 is 22.7 Å². The Morgan fingerprint density at radius 3 is 2.64 bits per heavy atom. The van der Waals surface area contributed by atoms with Gasteiger partial charge in [0, 0.05) is 17.0 Å². The van der Waals surface area contributed by atoms with E-state index in [2.05, 4.69) is 4.72 Å². The average molecular weight is 398 g/mol. The molecule has 1 atom stereocenters. The van der Waals surface area contributed by atoms with Crippen molar-refractivity contribution in [2.75, 3.05) is 6.54 Å². The van der Waals surface area contributed by atoms with Gasteiger partial charge in [-0.2, -0.15) is 11.3 Å². The van der Waals surface area contributed by atoms with Crippen molar-refractivity contribution >= 4 is 32.7 Å². The van der Waals surface area contributed by atoms with E-state index in [1.807, 2.05) is 10.8 Å². The average Bonchev–Trinajstić information content (AvgIpc) is 3.26. The van der Waals surface area contributed by atoms with Crippen molar-refractivity contribution in [3.8, 4) is 0 Å². The van der Waals surface area contributed by atoms with Gasteiger partial charge in [0.05, 0.1) is 4.90 Å². The van der Waals surface area contributed by atoms with Crippen LogP contribution < -0.4 is 4.72 Å². The first kappa shape index (κ1) is 18.2. The molecular formula is C17H16FNO3S3. The third-order valence-corrected chi connectivity index (χ3v) is 7.14. The molecule has 2 heterocycles. The maximum atomic E-state index is 13.2. The number of sulfonamides is 1. The Bertz CT molecular complexity index is 917. The van der Waals surface area contributed by atoms with E-state index in [1.165, 1.54) is 41.7 Å². The standard InChI is InChI=1S/C17H16FNO3S3/c1-12-9-14(18)4-5-15(12)25(21,22)19-11-17(20,13-6-8-23-10-13)16-3-2-7-24-16/h2-10,19-20H,11H2,1H3/t17-/m1/s1. The SMILES string of the molecule is Cc1cc(F)ccc1S(=O)(=O)NC[C@@](O)(c1ccsc1)c1cccs1. The van der Waals surface area contributed by atoms with E-state index in [-0.39, 0.29) is 11.4 Å². The zero-order valence-electron chi connectivity index (χ0n) is 13.3. The predicted molar refractivity (Wildman–Crippen MR) is 98.0 cm³/mol. The zero-order valence-corrected chi connectivity index (χ0v) is 15.7. The van der Waals surface area contributed by atoms with Gasteiger partial charge >= 0.3 is 0 Å². The summed E-state index contributed by atoms with van der Waals surface area (Å²) in [6, 6.07) is 8.82. The van der Waals surface area contributed by atoms with E-state index in [9.17, 15) is 17.9 Å². The van der Waals surface area contributed by atoms with Crippen molar-refractivity contribution in [3.05, 3.63) is 74.4 Å². The van der Waals surface area contributed by atoms with Crippen molar-refractivity contribution < 1.29 is 17.9 Å². The molecule has 0 saturated heterocycles. The van der Waals surface area contributed by atoms with E-state index in [0.717, 1.165) is 6.07 Å². The van der Waals surface area contributed by atoms with Gasteiger partial charge in [-0.1, -0.05) is 6.07 Å². The minimum absolute atomic E-state index is 0.00671. The summed E-state index contributed by atoms with van der Waals surface area (Å²) >= 11 is 2.77. The van der Waals surface area contributed by atoms with Gasteiger partial charge < -0.3 is 5.11 Å². The van der Waals surface area contributed by atoms with Gasteiger partial charge in [-0.25, -0.2) is 17.5 Å². The Kier molecular flexibility index (Phi) is 5.08. The third kappa shape index (κ3) is 3.68. The Hall–Kier alpha value is -1.58. The van der Waals surface area contributed by atoms with Crippen LogP contribution in [-0.4, -0.2) is 20.1 Å². The molecule has 8 heteroatoms. The summed E-state index contributed by atoms with van der Waals surface area (Å²) in [7, 11) is -3.89. The summed E-state index contributed by atoms with van der Waals surface area (Å²) < 4.78 is 40.9. The van der Waals surface area contributed by atoms with Crippen LogP contribution in [0.5, 0.6) is 0 Å². The fourth-order valence-electron chi connectivity index (χ4n) is 2.54. The van der Waals surface area contributed by atoms with Gasteiger partial charge in [0.2, 0.25) is 10.0 Å². The lowest BCUT2D eigenvalue weighted by Crippen LogP contribution is -2.41. The molecule has 0 amide bonds. The van der Waals surface area contributed by atoms with Gasteiger partial charge in [-0.05, 0) is 59.0 Å². The summed E-state index contributed by atoms with van der Waals surface area (Å²) in [5, 5.41) is 16.6. The number of nitrogens with one attached hydrogen (secondary N) is 1. The largest absolute Gasteiger partial charge is 0.378 e. The molecule has 132 valence electrons. The van der Waals surface area contributed by atoms with Crippen LogP contribution in [0.2, 0.25) is 0 Å². The van der Waals surface area contributed by atoms with Crippen molar-refractivity contribution in [2.45, 2.75) is 17.4 Å². The Morgan fingerprint density at radius 2 is 2.04 bits per heavy atom. The highest BCUT2D eigenvalue weighted by atomic mass is 32.2. The predicted octanol–water partition coefficient (Wildman–Crippen LogP) is 3.47. The Labute approximate surface area is 153 Å². The van der Waals surface area contributed by atoms with Crippen molar-refractivity contribution in [2.24, 2.45) is 0 Å².